The smallest absolute Gasteiger partial charge is 0.221 e. The Morgan fingerprint density at radius 1 is 1.27 bits per heavy atom. The fraction of sp³-hybridized carbons (Fsp3) is 0.478. The van der Waals surface area contributed by atoms with Gasteiger partial charge in [-0.3, -0.25) is 9.78 Å². The second kappa shape index (κ2) is 11.1. The van der Waals surface area contributed by atoms with Crippen molar-refractivity contribution >= 4 is 5.91 Å². The molecular formula is C23H31N3O4. The van der Waals surface area contributed by atoms with Crippen LogP contribution in [-0.4, -0.2) is 66.1 Å². The summed E-state index contributed by atoms with van der Waals surface area (Å²) in [5, 5.41) is 12.6. The number of carbonyl (C=O) groups is 1. The van der Waals surface area contributed by atoms with Crippen LogP contribution in [0.3, 0.4) is 0 Å². The molecule has 0 spiro atoms. The third-order valence-electron chi connectivity index (χ3n) is 5.32. The molecule has 1 aromatic carbocycles. The maximum atomic E-state index is 12.1. The minimum absolute atomic E-state index is 0.00182. The molecule has 30 heavy (non-hydrogen) atoms. The Morgan fingerprint density at radius 2 is 2.07 bits per heavy atom. The number of nitrogens with one attached hydrogen (secondary N) is 1. The zero-order valence-corrected chi connectivity index (χ0v) is 17.7. The topological polar surface area (TPSA) is 83.9 Å². The van der Waals surface area contributed by atoms with Gasteiger partial charge >= 0.3 is 0 Å². The first-order valence-electron chi connectivity index (χ1n) is 10.4. The van der Waals surface area contributed by atoms with Crippen molar-refractivity contribution < 1.29 is 19.4 Å². The molecule has 2 aromatic rings. The van der Waals surface area contributed by atoms with Gasteiger partial charge in [0.1, 0.15) is 12.4 Å². The second-order valence-electron chi connectivity index (χ2n) is 7.72. The van der Waals surface area contributed by atoms with Gasteiger partial charge in [0.25, 0.3) is 0 Å². The van der Waals surface area contributed by atoms with E-state index in [0.717, 1.165) is 23.3 Å². The molecule has 1 aromatic heterocycles. The van der Waals surface area contributed by atoms with Gasteiger partial charge in [-0.1, -0.05) is 18.2 Å². The lowest BCUT2D eigenvalue weighted by molar-refractivity contribution is -0.173. The molecule has 0 aliphatic carbocycles. The van der Waals surface area contributed by atoms with Crippen molar-refractivity contribution in [3.05, 3.63) is 48.8 Å². The van der Waals surface area contributed by atoms with Gasteiger partial charge in [0.15, 0.2) is 6.29 Å². The first kappa shape index (κ1) is 22.2. The normalized spacial score (nSPS) is 21.4. The van der Waals surface area contributed by atoms with Crippen LogP contribution in [0.1, 0.15) is 26.2 Å². The molecule has 7 nitrogen and oxygen atoms in total. The summed E-state index contributed by atoms with van der Waals surface area (Å²) >= 11 is 0. The average molecular weight is 414 g/mol. The van der Waals surface area contributed by atoms with E-state index in [9.17, 15) is 9.90 Å². The van der Waals surface area contributed by atoms with Crippen molar-refractivity contribution in [2.75, 3.05) is 26.7 Å². The highest BCUT2D eigenvalue weighted by atomic mass is 16.6. The highest BCUT2D eigenvalue weighted by Gasteiger charge is 2.28. The maximum Gasteiger partial charge on any atom is 0.221 e. The number of rotatable bonds is 9. The average Bonchev–Trinajstić information content (AvgIpc) is 2.75. The predicted molar refractivity (Wildman–Crippen MR) is 115 cm³/mol. The van der Waals surface area contributed by atoms with Crippen LogP contribution < -0.4 is 10.1 Å². The van der Waals surface area contributed by atoms with Crippen molar-refractivity contribution in [2.45, 2.75) is 44.6 Å². The zero-order chi connectivity index (χ0) is 21.3. The number of aliphatic hydroxyl groups excluding tert-OH is 1. The van der Waals surface area contributed by atoms with Crippen molar-refractivity contribution in [2.24, 2.45) is 0 Å². The van der Waals surface area contributed by atoms with E-state index in [1.165, 1.54) is 0 Å². The SMILES string of the molecule is CC1CC(N(C)CCC(=O)NCCOc2ccc(-c3cccnc3)cc2)CC(O)O1. The minimum atomic E-state index is -0.717. The molecule has 3 unspecified atom stereocenters. The second-order valence-corrected chi connectivity index (χ2v) is 7.72. The number of hydrogen-bond acceptors (Lipinski definition) is 6. The molecule has 0 bridgehead atoms. The largest absolute Gasteiger partial charge is 0.492 e. The Morgan fingerprint density at radius 3 is 2.77 bits per heavy atom. The molecule has 1 saturated heterocycles. The molecule has 0 radical (unpaired) electrons. The Balaban J connectivity index is 1.32. The van der Waals surface area contributed by atoms with Gasteiger partial charge in [-0.25, -0.2) is 0 Å². The molecule has 3 atom stereocenters. The number of pyridine rings is 1. The van der Waals surface area contributed by atoms with Crippen LogP contribution in [-0.2, 0) is 9.53 Å². The van der Waals surface area contributed by atoms with Gasteiger partial charge in [-0.05, 0) is 49.7 Å². The summed E-state index contributed by atoms with van der Waals surface area (Å²) in [6.07, 6.45) is 4.75. The number of carbonyl (C=O) groups excluding carboxylic acids is 1. The Hall–Kier alpha value is -2.48. The van der Waals surface area contributed by atoms with Crippen LogP contribution in [0.4, 0.5) is 0 Å². The molecule has 1 aliphatic rings. The van der Waals surface area contributed by atoms with Crippen LogP contribution in [0.25, 0.3) is 11.1 Å². The van der Waals surface area contributed by atoms with Crippen molar-refractivity contribution in [1.29, 1.82) is 0 Å². The highest BCUT2D eigenvalue weighted by Crippen LogP contribution is 2.22. The molecule has 162 valence electrons. The predicted octanol–water partition coefficient (Wildman–Crippen LogP) is 2.45. The van der Waals surface area contributed by atoms with Crippen molar-refractivity contribution in [3.63, 3.8) is 0 Å². The van der Waals surface area contributed by atoms with Crippen LogP contribution in [0.2, 0.25) is 0 Å². The summed E-state index contributed by atoms with van der Waals surface area (Å²) in [6, 6.07) is 12.0. The summed E-state index contributed by atoms with van der Waals surface area (Å²) in [7, 11) is 1.99. The van der Waals surface area contributed by atoms with Crippen LogP contribution in [0, 0.1) is 0 Å². The summed E-state index contributed by atoms with van der Waals surface area (Å²) in [5.74, 6) is 0.766. The first-order valence-corrected chi connectivity index (χ1v) is 10.4. The molecule has 1 fully saturated rings. The number of benzene rings is 1. The summed E-state index contributed by atoms with van der Waals surface area (Å²) in [5.41, 5.74) is 2.14. The van der Waals surface area contributed by atoms with E-state index in [-0.39, 0.29) is 18.1 Å². The lowest BCUT2D eigenvalue weighted by atomic mass is 10.0. The van der Waals surface area contributed by atoms with E-state index >= 15 is 0 Å². The van der Waals surface area contributed by atoms with E-state index in [0.29, 0.717) is 32.5 Å². The summed E-state index contributed by atoms with van der Waals surface area (Å²) in [4.78, 5) is 18.4. The fourth-order valence-corrected chi connectivity index (χ4v) is 3.64. The quantitative estimate of drug-likeness (QED) is 0.615. The van der Waals surface area contributed by atoms with E-state index in [4.69, 9.17) is 9.47 Å². The third kappa shape index (κ3) is 6.79. The van der Waals surface area contributed by atoms with Crippen molar-refractivity contribution in [3.8, 4) is 16.9 Å². The van der Waals surface area contributed by atoms with E-state index in [1.54, 1.807) is 6.20 Å². The third-order valence-corrected chi connectivity index (χ3v) is 5.32. The number of nitrogens with zero attached hydrogens (tertiary/aromatic N) is 2. The number of hydrogen-bond donors (Lipinski definition) is 2. The highest BCUT2D eigenvalue weighted by molar-refractivity contribution is 5.76. The fourth-order valence-electron chi connectivity index (χ4n) is 3.64. The van der Waals surface area contributed by atoms with Crippen LogP contribution >= 0.6 is 0 Å². The van der Waals surface area contributed by atoms with Crippen LogP contribution in [0.5, 0.6) is 5.75 Å². The Bertz CT molecular complexity index is 775. The van der Waals surface area contributed by atoms with Gasteiger partial charge in [0.2, 0.25) is 5.91 Å². The Labute approximate surface area is 178 Å². The summed E-state index contributed by atoms with van der Waals surface area (Å²) < 4.78 is 11.1. The Kier molecular flexibility index (Phi) is 8.19. The zero-order valence-electron chi connectivity index (χ0n) is 17.7. The molecule has 3 rings (SSSR count). The molecule has 1 amide bonds. The number of aromatic nitrogens is 1. The maximum absolute atomic E-state index is 12.1. The lowest BCUT2D eigenvalue weighted by Gasteiger charge is -2.36. The summed E-state index contributed by atoms with van der Waals surface area (Å²) in [6.45, 7) is 3.48. The molecule has 2 heterocycles. The number of amides is 1. The lowest BCUT2D eigenvalue weighted by Crippen LogP contribution is -2.44. The van der Waals surface area contributed by atoms with Crippen molar-refractivity contribution in [1.82, 2.24) is 15.2 Å². The van der Waals surface area contributed by atoms with Gasteiger partial charge < -0.3 is 24.8 Å². The number of aliphatic hydroxyl groups is 1. The van der Waals surface area contributed by atoms with Gasteiger partial charge in [0, 0.05) is 37.8 Å². The minimum Gasteiger partial charge on any atom is -0.492 e. The first-order chi connectivity index (χ1) is 14.5. The van der Waals surface area contributed by atoms with E-state index in [1.807, 2.05) is 56.6 Å². The molecule has 1 aliphatic heterocycles. The molecule has 2 N–H and O–H groups in total. The molecular weight excluding hydrogens is 382 g/mol. The van der Waals surface area contributed by atoms with E-state index in [2.05, 4.69) is 15.2 Å². The standard InChI is InChI=1S/C23H31N3O4/c1-17-14-20(15-23(28)30-17)26(2)12-9-22(27)25-11-13-29-21-7-5-18(6-8-21)19-4-3-10-24-16-19/h3-8,10,16-17,20,23,28H,9,11-15H2,1-2H3,(H,25,27). The van der Waals surface area contributed by atoms with Gasteiger partial charge in [0.05, 0.1) is 12.6 Å². The van der Waals surface area contributed by atoms with Gasteiger partial charge in [-0.2, -0.15) is 0 Å². The van der Waals surface area contributed by atoms with Gasteiger partial charge in [-0.15, -0.1) is 0 Å². The van der Waals surface area contributed by atoms with E-state index < -0.39 is 6.29 Å². The monoisotopic (exact) mass is 413 g/mol. The number of ether oxygens (including phenoxy) is 2. The van der Waals surface area contributed by atoms with Crippen LogP contribution in [0.15, 0.2) is 48.8 Å². The molecule has 7 heteroatoms. The molecule has 0 saturated carbocycles.